The van der Waals surface area contributed by atoms with Gasteiger partial charge >= 0.3 is 0 Å². The van der Waals surface area contributed by atoms with Gasteiger partial charge in [-0.3, -0.25) is 14.9 Å². The summed E-state index contributed by atoms with van der Waals surface area (Å²) < 4.78 is 8.28. The van der Waals surface area contributed by atoms with E-state index < -0.39 is 10.8 Å². The summed E-state index contributed by atoms with van der Waals surface area (Å²) in [7, 11) is 0. The number of hydrogen-bond acceptors (Lipinski definition) is 5. The lowest BCUT2D eigenvalue weighted by Crippen LogP contribution is -2.19. The van der Waals surface area contributed by atoms with E-state index in [2.05, 4.69) is 4.99 Å². The lowest BCUT2D eigenvalue weighted by Gasteiger charge is -2.05. The number of nitro benzene ring substituents is 1. The molecule has 150 valence electrons. The second kappa shape index (κ2) is 9.60. The van der Waals surface area contributed by atoms with Gasteiger partial charge < -0.3 is 9.30 Å². The van der Waals surface area contributed by atoms with Gasteiger partial charge in [0, 0.05) is 36.4 Å². The number of ether oxygens (including phenoxy) is 1. The van der Waals surface area contributed by atoms with Gasteiger partial charge in [0.05, 0.1) is 21.7 Å². The first-order valence-corrected chi connectivity index (χ1v) is 10.0. The van der Waals surface area contributed by atoms with Gasteiger partial charge in [-0.05, 0) is 36.8 Å². The Kier molecular flexibility index (Phi) is 6.92. The molecule has 0 spiro atoms. The summed E-state index contributed by atoms with van der Waals surface area (Å²) >= 11 is 7.45. The van der Waals surface area contributed by atoms with Crippen LogP contribution in [0.5, 0.6) is 0 Å². The predicted octanol–water partition coefficient (Wildman–Crippen LogP) is 4.44. The first-order chi connectivity index (χ1) is 14.0. The third kappa shape index (κ3) is 5.38. The molecule has 9 heteroatoms. The highest BCUT2D eigenvalue weighted by atomic mass is 35.5. The van der Waals surface area contributed by atoms with E-state index >= 15 is 0 Å². The van der Waals surface area contributed by atoms with Gasteiger partial charge in [-0.2, -0.15) is 4.99 Å². The van der Waals surface area contributed by atoms with Crippen LogP contribution in [0.15, 0.2) is 53.5 Å². The van der Waals surface area contributed by atoms with Crippen molar-refractivity contribution >= 4 is 50.8 Å². The van der Waals surface area contributed by atoms with Gasteiger partial charge in [0.2, 0.25) is 0 Å². The molecule has 3 rings (SSSR count). The molecular weight excluding hydrogens is 414 g/mol. The number of halogens is 1. The quantitative estimate of drug-likeness (QED) is 0.239. The molecule has 0 aliphatic carbocycles. The Hall–Kier alpha value is -2.81. The second-order valence-corrected chi connectivity index (χ2v) is 7.43. The van der Waals surface area contributed by atoms with E-state index in [1.54, 1.807) is 18.2 Å². The Balaban J connectivity index is 1.91. The number of hydrogen-bond donors (Lipinski definition) is 0. The number of aromatic nitrogens is 1. The number of nitro groups is 1. The van der Waals surface area contributed by atoms with Gasteiger partial charge in [-0.25, -0.2) is 0 Å². The first-order valence-electron chi connectivity index (χ1n) is 8.86. The van der Waals surface area contributed by atoms with Crippen LogP contribution < -0.4 is 4.80 Å². The Morgan fingerprint density at radius 3 is 2.93 bits per heavy atom. The fourth-order valence-corrected chi connectivity index (χ4v) is 4.03. The zero-order valence-electron chi connectivity index (χ0n) is 15.6. The number of carbonyl (C=O) groups is 1. The largest absolute Gasteiger partial charge is 0.380 e. The maximum absolute atomic E-state index is 12.4. The van der Waals surface area contributed by atoms with Gasteiger partial charge in [-0.1, -0.05) is 35.1 Å². The third-order valence-electron chi connectivity index (χ3n) is 4.01. The first kappa shape index (κ1) is 20.9. The monoisotopic (exact) mass is 431 g/mol. The smallest absolute Gasteiger partial charge is 0.272 e. The van der Waals surface area contributed by atoms with Crippen LogP contribution in [0, 0.1) is 10.1 Å². The van der Waals surface area contributed by atoms with Crippen LogP contribution in [-0.2, 0) is 16.1 Å². The highest BCUT2D eigenvalue weighted by molar-refractivity contribution is 7.16. The van der Waals surface area contributed by atoms with E-state index in [-0.39, 0.29) is 5.69 Å². The molecule has 0 aliphatic heterocycles. The SMILES string of the molecule is CCOCCn1c(=NC(=O)C=Cc2cccc([N+](=O)[O-])c2)sc2cc(Cl)ccc21. The Morgan fingerprint density at radius 1 is 1.34 bits per heavy atom. The van der Waals surface area contributed by atoms with Crippen molar-refractivity contribution < 1.29 is 14.5 Å². The zero-order chi connectivity index (χ0) is 20.8. The Labute approximate surface area is 175 Å². The lowest BCUT2D eigenvalue weighted by atomic mass is 10.2. The predicted molar refractivity (Wildman–Crippen MR) is 114 cm³/mol. The summed E-state index contributed by atoms with van der Waals surface area (Å²) in [6.45, 7) is 3.57. The number of amides is 1. The summed E-state index contributed by atoms with van der Waals surface area (Å²) in [5, 5.41) is 11.5. The average Bonchev–Trinajstić information content (AvgIpc) is 3.03. The van der Waals surface area contributed by atoms with Crippen LogP contribution >= 0.6 is 22.9 Å². The zero-order valence-corrected chi connectivity index (χ0v) is 17.2. The molecule has 0 bridgehead atoms. The number of carbonyl (C=O) groups excluding carboxylic acids is 1. The molecule has 0 saturated carbocycles. The number of benzene rings is 2. The minimum absolute atomic E-state index is 0.0355. The van der Waals surface area contributed by atoms with E-state index in [1.165, 1.54) is 35.6 Å². The molecule has 2 aromatic carbocycles. The van der Waals surface area contributed by atoms with E-state index in [4.69, 9.17) is 16.3 Å². The number of thiazole rings is 1. The summed E-state index contributed by atoms with van der Waals surface area (Å²) in [5.41, 5.74) is 1.44. The second-order valence-electron chi connectivity index (χ2n) is 5.98. The summed E-state index contributed by atoms with van der Waals surface area (Å²) in [6.07, 6.45) is 2.80. The van der Waals surface area contributed by atoms with Crippen molar-refractivity contribution in [3.63, 3.8) is 0 Å². The summed E-state index contributed by atoms with van der Waals surface area (Å²) in [5.74, 6) is -0.459. The standard InChI is InChI=1S/C20H18ClN3O4S/c1-2-28-11-10-23-17-8-7-15(21)13-18(17)29-20(23)22-19(25)9-6-14-4-3-5-16(12-14)24(26)27/h3-9,12-13H,2,10-11H2,1H3. The van der Waals surface area contributed by atoms with Crippen LogP contribution in [0.4, 0.5) is 5.69 Å². The van der Waals surface area contributed by atoms with Crippen molar-refractivity contribution in [2.24, 2.45) is 4.99 Å². The molecule has 0 N–H and O–H groups in total. The van der Waals surface area contributed by atoms with E-state index in [9.17, 15) is 14.9 Å². The highest BCUT2D eigenvalue weighted by Gasteiger charge is 2.08. The molecule has 0 saturated heterocycles. The lowest BCUT2D eigenvalue weighted by molar-refractivity contribution is -0.384. The topological polar surface area (TPSA) is 86.7 Å². The molecule has 1 amide bonds. The van der Waals surface area contributed by atoms with Crippen molar-refractivity contribution in [3.8, 4) is 0 Å². The minimum Gasteiger partial charge on any atom is -0.380 e. The van der Waals surface area contributed by atoms with Crippen molar-refractivity contribution in [1.29, 1.82) is 0 Å². The van der Waals surface area contributed by atoms with Crippen molar-refractivity contribution in [1.82, 2.24) is 4.57 Å². The number of rotatable bonds is 7. The van der Waals surface area contributed by atoms with Crippen molar-refractivity contribution in [2.75, 3.05) is 13.2 Å². The molecule has 0 unspecified atom stereocenters. The molecule has 0 fully saturated rings. The molecule has 1 aromatic heterocycles. The third-order valence-corrected chi connectivity index (χ3v) is 5.29. The van der Waals surface area contributed by atoms with Crippen molar-refractivity contribution in [2.45, 2.75) is 13.5 Å². The number of nitrogens with zero attached hydrogens (tertiary/aromatic N) is 3. The Morgan fingerprint density at radius 2 is 2.17 bits per heavy atom. The van der Waals surface area contributed by atoms with Gasteiger partial charge in [0.1, 0.15) is 0 Å². The minimum atomic E-state index is -0.479. The van der Waals surface area contributed by atoms with Crippen LogP contribution in [0.3, 0.4) is 0 Å². The van der Waals surface area contributed by atoms with Crippen LogP contribution in [0.1, 0.15) is 12.5 Å². The fourth-order valence-electron chi connectivity index (χ4n) is 2.69. The van der Waals surface area contributed by atoms with Gasteiger partial charge in [0.15, 0.2) is 4.80 Å². The molecule has 0 atom stereocenters. The molecular formula is C20H18ClN3O4S. The van der Waals surface area contributed by atoms with Crippen molar-refractivity contribution in [3.05, 3.63) is 74.0 Å². The summed E-state index contributed by atoms with van der Waals surface area (Å²) in [6, 6.07) is 11.6. The molecule has 0 radical (unpaired) electrons. The van der Waals surface area contributed by atoms with E-state index in [0.717, 1.165) is 10.2 Å². The molecule has 29 heavy (non-hydrogen) atoms. The highest BCUT2D eigenvalue weighted by Crippen LogP contribution is 2.22. The molecule has 7 nitrogen and oxygen atoms in total. The summed E-state index contributed by atoms with van der Waals surface area (Å²) in [4.78, 5) is 27.5. The van der Waals surface area contributed by atoms with Gasteiger partial charge in [0.25, 0.3) is 11.6 Å². The number of non-ortho nitro benzene ring substituents is 1. The maximum atomic E-state index is 12.4. The average molecular weight is 432 g/mol. The van der Waals surface area contributed by atoms with Crippen LogP contribution in [0.25, 0.3) is 16.3 Å². The molecule has 1 heterocycles. The van der Waals surface area contributed by atoms with Crippen LogP contribution in [-0.4, -0.2) is 28.6 Å². The Bertz CT molecular complexity index is 1150. The molecule has 3 aromatic rings. The van der Waals surface area contributed by atoms with Crippen LogP contribution in [0.2, 0.25) is 5.02 Å². The van der Waals surface area contributed by atoms with E-state index in [1.807, 2.05) is 23.6 Å². The maximum Gasteiger partial charge on any atom is 0.272 e. The molecule has 0 aliphatic rings. The fraction of sp³-hybridized carbons (Fsp3) is 0.200. The van der Waals surface area contributed by atoms with E-state index in [0.29, 0.717) is 35.1 Å². The number of fused-ring (bicyclic) bond motifs is 1. The normalized spacial score (nSPS) is 12.1. The van der Waals surface area contributed by atoms with Gasteiger partial charge in [-0.15, -0.1) is 0 Å².